The third kappa shape index (κ3) is 4.59. The molecule has 2 nitrogen and oxygen atoms in total. The van der Waals surface area contributed by atoms with Gasteiger partial charge < -0.3 is 0 Å². The topological polar surface area (TPSA) is 25.8 Å². The highest BCUT2D eigenvalue weighted by Gasteiger charge is 2.09. The van der Waals surface area contributed by atoms with Crippen LogP contribution in [0.4, 0.5) is 0 Å². The second kappa shape index (κ2) is 8.02. The Balaban J connectivity index is 2.81. The smallest absolute Gasteiger partial charge is 0.132 e. The predicted octanol–water partition coefficient (Wildman–Crippen LogP) is 4.35. The molecule has 0 aliphatic heterocycles. The third-order valence-electron chi connectivity index (χ3n) is 3.43. The van der Waals surface area contributed by atoms with E-state index < -0.39 is 0 Å². The van der Waals surface area contributed by atoms with Crippen LogP contribution in [0.5, 0.6) is 0 Å². The van der Waals surface area contributed by atoms with Crippen molar-refractivity contribution in [1.29, 1.82) is 0 Å². The number of hydrogen-bond donors (Lipinski definition) is 0. The molecule has 1 atom stereocenters. The Morgan fingerprint density at radius 3 is 2.72 bits per heavy atom. The third-order valence-corrected chi connectivity index (χ3v) is 3.43. The maximum absolute atomic E-state index is 4.60. The molecule has 0 aliphatic rings. The molecule has 0 aliphatic carbocycles. The standard InChI is InChI=1S/C16H26N2/c1-5-8-9-14(13(4)6-2)12-16-17-11-10-15(7-3)18-16/h9-11,13H,5-8,12H2,1-4H3/b14-9-. The molecular formula is C16H26N2. The first kappa shape index (κ1) is 14.9. The van der Waals surface area contributed by atoms with Gasteiger partial charge in [-0.3, -0.25) is 0 Å². The van der Waals surface area contributed by atoms with Crippen LogP contribution in [0, 0.1) is 5.92 Å². The van der Waals surface area contributed by atoms with E-state index in [-0.39, 0.29) is 0 Å². The van der Waals surface area contributed by atoms with E-state index in [4.69, 9.17) is 0 Å². The maximum Gasteiger partial charge on any atom is 0.132 e. The van der Waals surface area contributed by atoms with Gasteiger partial charge in [0.25, 0.3) is 0 Å². The van der Waals surface area contributed by atoms with Crippen LogP contribution in [-0.2, 0) is 12.8 Å². The lowest BCUT2D eigenvalue weighted by atomic mass is 9.94. The largest absolute Gasteiger partial charge is 0.241 e. The van der Waals surface area contributed by atoms with E-state index in [1.807, 2.05) is 12.3 Å². The van der Waals surface area contributed by atoms with E-state index in [2.05, 4.69) is 43.7 Å². The highest BCUT2D eigenvalue weighted by molar-refractivity contribution is 5.14. The molecular weight excluding hydrogens is 220 g/mol. The molecule has 1 rings (SSSR count). The van der Waals surface area contributed by atoms with Gasteiger partial charge in [0, 0.05) is 18.3 Å². The van der Waals surface area contributed by atoms with E-state index in [1.165, 1.54) is 18.4 Å². The lowest BCUT2D eigenvalue weighted by Crippen LogP contribution is -2.06. The zero-order chi connectivity index (χ0) is 13.4. The number of hydrogen-bond acceptors (Lipinski definition) is 2. The van der Waals surface area contributed by atoms with Crippen molar-refractivity contribution in [2.24, 2.45) is 5.92 Å². The number of rotatable bonds is 7. The summed E-state index contributed by atoms with van der Waals surface area (Å²) in [6.45, 7) is 8.90. The Labute approximate surface area is 112 Å². The van der Waals surface area contributed by atoms with Crippen molar-refractivity contribution in [3.05, 3.63) is 35.4 Å². The summed E-state index contributed by atoms with van der Waals surface area (Å²) in [7, 11) is 0. The second-order valence-corrected chi connectivity index (χ2v) is 4.87. The van der Waals surface area contributed by atoms with Crippen molar-refractivity contribution >= 4 is 0 Å². The molecule has 1 aromatic heterocycles. The summed E-state index contributed by atoms with van der Waals surface area (Å²) in [4.78, 5) is 9.00. The Kier molecular flexibility index (Phi) is 6.63. The van der Waals surface area contributed by atoms with E-state index in [9.17, 15) is 0 Å². The van der Waals surface area contributed by atoms with E-state index in [0.717, 1.165) is 30.8 Å². The molecule has 1 unspecified atom stereocenters. The molecule has 0 fully saturated rings. The SMILES string of the molecule is CCC/C=C(/Cc1nccc(CC)n1)C(C)CC. The minimum absolute atomic E-state index is 0.630. The minimum Gasteiger partial charge on any atom is -0.241 e. The van der Waals surface area contributed by atoms with Crippen LogP contribution in [0.1, 0.15) is 58.5 Å². The molecule has 18 heavy (non-hydrogen) atoms. The first-order chi connectivity index (χ1) is 8.71. The molecule has 0 saturated carbocycles. The Morgan fingerprint density at radius 2 is 2.11 bits per heavy atom. The van der Waals surface area contributed by atoms with Crippen LogP contribution in [0.15, 0.2) is 23.9 Å². The zero-order valence-corrected chi connectivity index (χ0v) is 12.2. The summed E-state index contributed by atoms with van der Waals surface area (Å²) in [5, 5.41) is 0. The average Bonchev–Trinajstić information content (AvgIpc) is 2.42. The van der Waals surface area contributed by atoms with Crippen molar-refractivity contribution in [1.82, 2.24) is 9.97 Å². The molecule has 1 heterocycles. The number of unbranched alkanes of at least 4 members (excludes halogenated alkanes) is 1. The maximum atomic E-state index is 4.60. The first-order valence-electron chi connectivity index (χ1n) is 7.20. The van der Waals surface area contributed by atoms with Gasteiger partial charge in [-0.15, -0.1) is 0 Å². The molecule has 0 aromatic carbocycles. The normalized spacial score (nSPS) is 13.7. The Morgan fingerprint density at radius 1 is 1.33 bits per heavy atom. The summed E-state index contributed by atoms with van der Waals surface area (Å²) in [6, 6.07) is 2.00. The fraction of sp³-hybridized carbons (Fsp3) is 0.625. The Hall–Kier alpha value is -1.18. The van der Waals surface area contributed by atoms with Gasteiger partial charge in [0.15, 0.2) is 0 Å². The van der Waals surface area contributed by atoms with Gasteiger partial charge in [0.05, 0.1) is 0 Å². The van der Waals surface area contributed by atoms with Crippen molar-refractivity contribution in [2.45, 2.75) is 59.8 Å². The van der Waals surface area contributed by atoms with Gasteiger partial charge in [-0.1, -0.05) is 45.8 Å². The molecule has 0 saturated heterocycles. The summed E-state index contributed by atoms with van der Waals surface area (Å²) < 4.78 is 0. The van der Waals surface area contributed by atoms with Gasteiger partial charge in [-0.05, 0) is 31.2 Å². The molecule has 0 N–H and O–H groups in total. The molecule has 2 heteroatoms. The van der Waals surface area contributed by atoms with Crippen LogP contribution in [0.25, 0.3) is 0 Å². The fourth-order valence-electron chi connectivity index (χ4n) is 1.95. The fourth-order valence-corrected chi connectivity index (χ4v) is 1.95. The summed E-state index contributed by atoms with van der Waals surface area (Å²) >= 11 is 0. The number of allylic oxidation sites excluding steroid dienone is 2. The molecule has 0 amide bonds. The molecule has 100 valence electrons. The van der Waals surface area contributed by atoms with Crippen LogP contribution in [-0.4, -0.2) is 9.97 Å². The van der Waals surface area contributed by atoms with Crippen molar-refractivity contribution < 1.29 is 0 Å². The summed E-state index contributed by atoms with van der Waals surface area (Å²) in [5.41, 5.74) is 2.63. The van der Waals surface area contributed by atoms with E-state index in [0.29, 0.717) is 5.92 Å². The monoisotopic (exact) mass is 246 g/mol. The van der Waals surface area contributed by atoms with Crippen LogP contribution < -0.4 is 0 Å². The first-order valence-corrected chi connectivity index (χ1v) is 7.20. The van der Waals surface area contributed by atoms with Crippen LogP contribution in [0.3, 0.4) is 0 Å². The van der Waals surface area contributed by atoms with Crippen LogP contribution in [0.2, 0.25) is 0 Å². The molecule has 0 spiro atoms. The minimum atomic E-state index is 0.630. The lowest BCUT2D eigenvalue weighted by molar-refractivity contribution is 0.625. The van der Waals surface area contributed by atoms with E-state index in [1.54, 1.807) is 0 Å². The number of nitrogens with zero attached hydrogens (tertiary/aromatic N) is 2. The van der Waals surface area contributed by atoms with Gasteiger partial charge in [-0.25, -0.2) is 9.97 Å². The van der Waals surface area contributed by atoms with Crippen molar-refractivity contribution in [2.75, 3.05) is 0 Å². The molecule has 1 aromatic rings. The highest BCUT2D eigenvalue weighted by Crippen LogP contribution is 2.19. The molecule has 0 bridgehead atoms. The average molecular weight is 246 g/mol. The highest BCUT2D eigenvalue weighted by atomic mass is 14.9. The summed E-state index contributed by atoms with van der Waals surface area (Å²) in [6.07, 6.45) is 9.70. The van der Waals surface area contributed by atoms with E-state index >= 15 is 0 Å². The van der Waals surface area contributed by atoms with Gasteiger partial charge >= 0.3 is 0 Å². The van der Waals surface area contributed by atoms with Gasteiger partial charge in [0.2, 0.25) is 0 Å². The van der Waals surface area contributed by atoms with Gasteiger partial charge in [0.1, 0.15) is 5.82 Å². The second-order valence-electron chi connectivity index (χ2n) is 4.87. The quantitative estimate of drug-likeness (QED) is 0.668. The number of aromatic nitrogens is 2. The van der Waals surface area contributed by atoms with Crippen molar-refractivity contribution in [3.63, 3.8) is 0 Å². The zero-order valence-electron chi connectivity index (χ0n) is 12.2. The number of aryl methyl sites for hydroxylation is 1. The predicted molar refractivity (Wildman–Crippen MR) is 77.6 cm³/mol. The molecule has 0 radical (unpaired) electrons. The van der Waals surface area contributed by atoms with Crippen LogP contribution >= 0.6 is 0 Å². The summed E-state index contributed by atoms with van der Waals surface area (Å²) in [5.74, 6) is 1.60. The Bertz CT molecular complexity index is 382. The lowest BCUT2D eigenvalue weighted by Gasteiger charge is -2.14. The van der Waals surface area contributed by atoms with Gasteiger partial charge in [-0.2, -0.15) is 0 Å². The van der Waals surface area contributed by atoms with Crippen molar-refractivity contribution in [3.8, 4) is 0 Å².